The van der Waals surface area contributed by atoms with E-state index >= 15 is 0 Å². The monoisotopic (exact) mass is 388 g/mol. The summed E-state index contributed by atoms with van der Waals surface area (Å²) in [5.41, 5.74) is 0.560. The van der Waals surface area contributed by atoms with Crippen LogP contribution in [0.2, 0.25) is 0 Å². The minimum Gasteiger partial charge on any atom is -0.506 e. The van der Waals surface area contributed by atoms with Crippen molar-refractivity contribution in [3.63, 3.8) is 0 Å². The lowest BCUT2D eigenvalue weighted by atomic mass is 10.0. The van der Waals surface area contributed by atoms with Crippen molar-refractivity contribution in [2.24, 2.45) is 11.8 Å². The number of benzene rings is 1. The number of ether oxygens (including phenoxy) is 2. The first-order chi connectivity index (χ1) is 13.5. The highest BCUT2D eigenvalue weighted by Crippen LogP contribution is 2.40. The molecule has 150 valence electrons. The number of nitrogens with zero attached hydrogens (tertiary/aromatic N) is 2. The fourth-order valence-corrected chi connectivity index (χ4v) is 4.40. The third-order valence-electron chi connectivity index (χ3n) is 5.76. The Balaban J connectivity index is 1.30. The summed E-state index contributed by atoms with van der Waals surface area (Å²) in [5.74, 6) is 1.51. The number of aromatic nitrogens is 1. The van der Waals surface area contributed by atoms with Crippen molar-refractivity contribution in [1.29, 1.82) is 0 Å². The van der Waals surface area contributed by atoms with Gasteiger partial charge in [0, 0.05) is 25.7 Å². The molecule has 4 atom stereocenters. The van der Waals surface area contributed by atoms with Crippen LogP contribution in [0.1, 0.15) is 24.6 Å². The number of likely N-dealkylation sites (tertiary alicyclic amines) is 1. The van der Waals surface area contributed by atoms with Crippen molar-refractivity contribution >= 4 is 0 Å². The molecule has 1 aliphatic heterocycles. The first kappa shape index (κ1) is 19.0. The molecule has 1 saturated carbocycles. The number of hydrogen-bond acceptors (Lipinski definition) is 6. The van der Waals surface area contributed by atoms with Crippen LogP contribution in [0.5, 0.6) is 17.2 Å². The van der Waals surface area contributed by atoms with Crippen LogP contribution < -0.4 is 9.47 Å². The topological polar surface area (TPSA) is 75.1 Å². The number of halogens is 1. The summed E-state index contributed by atoms with van der Waals surface area (Å²) >= 11 is 0. The average molecular weight is 388 g/mol. The molecule has 2 aromatic rings. The van der Waals surface area contributed by atoms with Gasteiger partial charge in [0.2, 0.25) is 0 Å². The molecule has 0 bridgehead atoms. The van der Waals surface area contributed by atoms with Gasteiger partial charge in [-0.05, 0) is 48.9 Å². The molecule has 4 rings (SSSR count). The molecule has 1 aliphatic carbocycles. The summed E-state index contributed by atoms with van der Waals surface area (Å²) in [7, 11) is 1.55. The third-order valence-corrected chi connectivity index (χ3v) is 5.76. The molecule has 1 aromatic heterocycles. The molecule has 6 nitrogen and oxygen atoms in total. The van der Waals surface area contributed by atoms with E-state index < -0.39 is 6.10 Å². The molecule has 1 saturated heterocycles. The van der Waals surface area contributed by atoms with Gasteiger partial charge < -0.3 is 19.7 Å². The molecule has 2 aliphatic rings. The number of aliphatic hydroxyl groups is 1. The second kappa shape index (κ2) is 7.93. The first-order valence-electron chi connectivity index (χ1n) is 9.57. The number of hydrogen-bond donors (Lipinski definition) is 2. The number of fused-ring (bicyclic) bond motifs is 1. The van der Waals surface area contributed by atoms with Crippen molar-refractivity contribution in [2.75, 3.05) is 26.7 Å². The van der Waals surface area contributed by atoms with Crippen LogP contribution in [0, 0.1) is 17.7 Å². The highest BCUT2D eigenvalue weighted by Gasteiger charge is 2.42. The number of β-amino-alcohol motifs (C(OH)–C–C–N with tert-alkyl or cyclic N) is 1. The van der Waals surface area contributed by atoms with E-state index in [0.29, 0.717) is 29.8 Å². The van der Waals surface area contributed by atoms with E-state index in [2.05, 4.69) is 9.88 Å². The van der Waals surface area contributed by atoms with Crippen molar-refractivity contribution in [1.82, 2.24) is 9.88 Å². The second-order valence-electron chi connectivity index (χ2n) is 7.70. The molecule has 2 heterocycles. The van der Waals surface area contributed by atoms with E-state index in [4.69, 9.17) is 9.47 Å². The second-order valence-corrected chi connectivity index (χ2v) is 7.70. The van der Waals surface area contributed by atoms with Crippen LogP contribution in [-0.2, 0) is 0 Å². The zero-order chi connectivity index (χ0) is 19.7. The van der Waals surface area contributed by atoms with E-state index in [1.807, 2.05) is 0 Å². The summed E-state index contributed by atoms with van der Waals surface area (Å²) in [6.07, 6.45) is 2.42. The van der Waals surface area contributed by atoms with Crippen LogP contribution in [0.25, 0.3) is 0 Å². The Morgan fingerprint density at radius 1 is 1.21 bits per heavy atom. The fourth-order valence-electron chi connectivity index (χ4n) is 4.40. The summed E-state index contributed by atoms with van der Waals surface area (Å²) in [6, 6.07) is 7.71. The van der Waals surface area contributed by atoms with Gasteiger partial charge in [-0.3, -0.25) is 9.88 Å². The average Bonchev–Trinajstić information content (AvgIpc) is 3.21. The molecule has 2 fully saturated rings. The third kappa shape index (κ3) is 4.05. The Labute approximate surface area is 163 Å². The van der Waals surface area contributed by atoms with Crippen LogP contribution in [0.3, 0.4) is 0 Å². The van der Waals surface area contributed by atoms with Crippen LogP contribution >= 0.6 is 0 Å². The van der Waals surface area contributed by atoms with E-state index in [1.54, 1.807) is 25.3 Å². The normalized spacial score (nSPS) is 25.5. The zero-order valence-corrected chi connectivity index (χ0v) is 15.8. The molecule has 0 radical (unpaired) electrons. The number of aromatic hydroxyl groups is 1. The molecule has 1 unspecified atom stereocenters. The maximum Gasteiger partial charge on any atom is 0.165 e. The zero-order valence-electron chi connectivity index (χ0n) is 15.8. The van der Waals surface area contributed by atoms with E-state index in [-0.39, 0.29) is 23.4 Å². The van der Waals surface area contributed by atoms with Crippen molar-refractivity contribution in [2.45, 2.75) is 25.0 Å². The number of aliphatic hydroxyl groups excluding tert-OH is 1. The van der Waals surface area contributed by atoms with Gasteiger partial charge in [0.05, 0.1) is 25.1 Å². The Morgan fingerprint density at radius 3 is 2.61 bits per heavy atom. The van der Waals surface area contributed by atoms with Gasteiger partial charge in [-0.25, -0.2) is 4.39 Å². The highest BCUT2D eigenvalue weighted by molar-refractivity contribution is 5.34. The molecular formula is C21H25FN2O4. The molecule has 1 aromatic carbocycles. The molecule has 0 amide bonds. The largest absolute Gasteiger partial charge is 0.506 e. The Hall–Kier alpha value is -2.38. The minimum absolute atomic E-state index is 0.00226. The quantitative estimate of drug-likeness (QED) is 0.793. The number of rotatable bonds is 6. The summed E-state index contributed by atoms with van der Waals surface area (Å²) in [5, 5.41) is 19.7. The lowest BCUT2D eigenvalue weighted by molar-refractivity contribution is 0.112. The smallest absolute Gasteiger partial charge is 0.165 e. The molecule has 2 N–H and O–H groups in total. The van der Waals surface area contributed by atoms with Crippen molar-refractivity contribution < 1.29 is 24.1 Å². The lowest BCUT2D eigenvalue weighted by Crippen LogP contribution is -2.29. The van der Waals surface area contributed by atoms with Gasteiger partial charge >= 0.3 is 0 Å². The highest BCUT2D eigenvalue weighted by atomic mass is 19.1. The maximum absolute atomic E-state index is 14.0. The summed E-state index contributed by atoms with van der Waals surface area (Å²) < 4.78 is 25.1. The van der Waals surface area contributed by atoms with Gasteiger partial charge in [-0.1, -0.05) is 0 Å². The van der Waals surface area contributed by atoms with Crippen LogP contribution in [0.15, 0.2) is 36.5 Å². The molecular weight excluding hydrogens is 363 g/mol. The van der Waals surface area contributed by atoms with E-state index in [1.165, 1.54) is 18.3 Å². The van der Waals surface area contributed by atoms with Gasteiger partial charge in [0.25, 0.3) is 0 Å². The van der Waals surface area contributed by atoms with Crippen molar-refractivity contribution in [3.05, 3.63) is 48.0 Å². The van der Waals surface area contributed by atoms with Crippen molar-refractivity contribution in [3.8, 4) is 17.2 Å². The standard InChI is InChI=1S/C21H25FN2O4/c1-27-16-3-4-18(22)21(8-16)28-17-6-13-10-24(11-14(13)7-17)12-20(26)19-5-2-15(25)9-23-19/h2-5,8-9,13-14,17,20,25-26H,6-7,10-12H2,1H3/t13-,14+,17-,20?. The Kier molecular flexibility index (Phi) is 5.37. The predicted molar refractivity (Wildman–Crippen MR) is 101 cm³/mol. The number of methoxy groups -OCH3 is 1. The Bertz CT molecular complexity index is 803. The first-order valence-corrected chi connectivity index (χ1v) is 9.57. The van der Waals surface area contributed by atoms with Gasteiger partial charge in [0.1, 0.15) is 17.6 Å². The molecule has 28 heavy (non-hydrogen) atoms. The van der Waals surface area contributed by atoms with E-state index in [9.17, 15) is 14.6 Å². The van der Waals surface area contributed by atoms with Gasteiger partial charge in [-0.2, -0.15) is 0 Å². The van der Waals surface area contributed by atoms with Crippen LogP contribution in [-0.4, -0.2) is 52.9 Å². The lowest BCUT2D eigenvalue weighted by Gasteiger charge is -2.22. The summed E-state index contributed by atoms with van der Waals surface area (Å²) in [6.45, 7) is 2.29. The predicted octanol–water partition coefficient (Wildman–Crippen LogP) is 2.76. The van der Waals surface area contributed by atoms with Gasteiger partial charge in [0.15, 0.2) is 11.6 Å². The van der Waals surface area contributed by atoms with Crippen LogP contribution in [0.4, 0.5) is 4.39 Å². The number of pyridine rings is 1. The van der Waals surface area contributed by atoms with Gasteiger partial charge in [-0.15, -0.1) is 0 Å². The van der Waals surface area contributed by atoms with E-state index in [0.717, 1.165) is 25.9 Å². The SMILES string of the molecule is COc1ccc(F)c(O[C@@H]2C[C@@H]3CN(CC(O)c4ccc(O)cn4)C[C@@H]3C2)c1. The minimum atomic E-state index is -0.683. The fraction of sp³-hybridized carbons (Fsp3) is 0.476. The summed E-state index contributed by atoms with van der Waals surface area (Å²) in [4.78, 5) is 6.33. The molecule has 7 heteroatoms. The Morgan fingerprint density at radius 2 is 1.96 bits per heavy atom. The maximum atomic E-state index is 14.0. The molecule has 0 spiro atoms.